The first-order valence-electron chi connectivity index (χ1n) is 10.7. The molecule has 0 bridgehead atoms. The lowest BCUT2D eigenvalue weighted by molar-refractivity contribution is -0.158. The van der Waals surface area contributed by atoms with Crippen LogP contribution in [-0.2, 0) is 35.1 Å². The smallest absolute Gasteiger partial charge is 0.416 e. The van der Waals surface area contributed by atoms with Crippen LogP contribution in [0.25, 0.3) is 0 Å². The highest BCUT2D eigenvalue weighted by Gasteiger charge is 2.43. The third-order valence-electron chi connectivity index (χ3n) is 5.14. The topological polar surface area (TPSA) is 107 Å². The zero-order valence-corrected chi connectivity index (χ0v) is 18.6. The van der Waals surface area contributed by atoms with Crippen LogP contribution < -0.4 is 0 Å². The van der Waals surface area contributed by atoms with E-state index in [1.807, 2.05) is 37.3 Å². The van der Waals surface area contributed by atoms with E-state index in [4.69, 9.17) is 9.47 Å². The lowest BCUT2D eigenvalue weighted by Crippen LogP contribution is -2.48. The molecule has 0 saturated carbocycles. The molecule has 8 nitrogen and oxygen atoms in total. The highest BCUT2D eigenvalue weighted by Crippen LogP contribution is 2.23. The van der Waals surface area contributed by atoms with Gasteiger partial charge in [0, 0.05) is 13.3 Å². The number of nitrogens with zero attached hydrogens (tertiary/aromatic N) is 1. The quantitative estimate of drug-likeness (QED) is 0.382. The lowest BCUT2D eigenvalue weighted by Gasteiger charge is -2.26. The molecule has 8 heteroatoms. The van der Waals surface area contributed by atoms with Gasteiger partial charge in [-0.15, -0.1) is 0 Å². The molecule has 1 aliphatic heterocycles. The molecule has 1 fully saturated rings. The van der Waals surface area contributed by atoms with Crippen molar-refractivity contribution in [3.63, 3.8) is 0 Å². The summed E-state index contributed by atoms with van der Waals surface area (Å²) in [7, 11) is 0. The van der Waals surface area contributed by atoms with Crippen LogP contribution in [0.1, 0.15) is 45.6 Å². The molecule has 2 rings (SSSR count). The number of rotatable bonds is 11. The second-order valence-electron chi connectivity index (χ2n) is 7.75. The highest BCUT2D eigenvalue weighted by molar-refractivity contribution is 6.04. The minimum Gasteiger partial charge on any atom is -0.453 e. The van der Waals surface area contributed by atoms with Crippen molar-refractivity contribution in [3.05, 3.63) is 48.0 Å². The fraction of sp³-hybridized carbons (Fsp3) is 0.458. The number of amides is 2. The second kappa shape index (κ2) is 11.9. The van der Waals surface area contributed by atoms with Gasteiger partial charge >= 0.3 is 12.1 Å². The first-order valence-corrected chi connectivity index (χ1v) is 10.7. The van der Waals surface area contributed by atoms with Crippen LogP contribution >= 0.6 is 0 Å². The van der Waals surface area contributed by atoms with E-state index in [-0.39, 0.29) is 12.4 Å². The number of carbonyl (C=O) groups is 5. The maximum absolute atomic E-state index is 13.2. The third kappa shape index (κ3) is 6.87. The summed E-state index contributed by atoms with van der Waals surface area (Å²) in [5.74, 6) is -3.51. The van der Waals surface area contributed by atoms with Crippen LogP contribution in [0.15, 0.2) is 42.5 Å². The maximum Gasteiger partial charge on any atom is 0.416 e. The van der Waals surface area contributed by atoms with Gasteiger partial charge in [0.1, 0.15) is 6.61 Å². The molecule has 0 spiro atoms. The Kier molecular flexibility index (Phi) is 9.31. The molecule has 0 radical (unpaired) electrons. The van der Waals surface area contributed by atoms with Gasteiger partial charge in [-0.3, -0.25) is 19.2 Å². The molecule has 0 unspecified atom stereocenters. The molecule has 2 amide bonds. The van der Waals surface area contributed by atoms with Crippen LogP contribution in [0, 0.1) is 5.92 Å². The Balaban J connectivity index is 2.17. The molecule has 32 heavy (non-hydrogen) atoms. The second-order valence-corrected chi connectivity index (χ2v) is 7.75. The van der Waals surface area contributed by atoms with E-state index >= 15 is 0 Å². The van der Waals surface area contributed by atoms with E-state index in [9.17, 15) is 24.0 Å². The molecular weight excluding hydrogens is 414 g/mol. The Labute approximate surface area is 187 Å². The number of allylic oxidation sites excluding steroid dienone is 1. The predicted octanol–water partition coefficient (Wildman–Crippen LogP) is 3.03. The molecular formula is C24H29NO7. The third-order valence-corrected chi connectivity index (χ3v) is 5.14. The normalized spacial score (nSPS) is 17.7. The van der Waals surface area contributed by atoms with E-state index < -0.39 is 41.8 Å². The van der Waals surface area contributed by atoms with Gasteiger partial charge in [-0.25, -0.2) is 9.69 Å². The van der Waals surface area contributed by atoms with Crippen LogP contribution in [0.2, 0.25) is 0 Å². The molecule has 0 N–H and O–H groups in total. The number of carbonyl (C=O) groups excluding carboxylic acids is 5. The van der Waals surface area contributed by atoms with Crippen LogP contribution in [-0.4, -0.2) is 53.2 Å². The zero-order valence-electron chi connectivity index (χ0n) is 18.6. The van der Waals surface area contributed by atoms with Gasteiger partial charge in [0.2, 0.25) is 5.91 Å². The number of ether oxygens (including phenoxy) is 2. The molecule has 0 aromatic heterocycles. The maximum atomic E-state index is 13.2. The SMILES string of the molecule is CCCCC(=O)/C=C/C(=O)[C@@H](OC(C)=O)[C@H](C)C(=O)N1C(=O)OC[C@@H]1Cc1ccccc1. The van der Waals surface area contributed by atoms with Crippen LogP contribution in [0.3, 0.4) is 0 Å². The van der Waals surface area contributed by atoms with Gasteiger partial charge < -0.3 is 9.47 Å². The number of esters is 1. The fourth-order valence-electron chi connectivity index (χ4n) is 3.41. The fourth-order valence-corrected chi connectivity index (χ4v) is 3.41. The summed E-state index contributed by atoms with van der Waals surface area (Å²) in [5.41, 5.74) is 0.919. The summed E-state index contributed by atoms with van der Waals surface area (Å²) in [4.78, 5) is 62.5. The average molecular weight is 443 g/mol. The average Bonchev–Trinajstić information content (AvgIpc) is 3.13. The van der Waals surface area contributed by atoms with Gasteiger partial charge in [-0.05, 0) is 37.5 Å². The molecule has 3 atom stereocenters. The first-order chi connectivity index (χ1) is 15.2. The van der Waals surface area contributed by atoms with Gasteiger partial charge in [0.15, 0.2) is 17.7 Å². The zero-order chi connectivity index (χ0) is 23.7. The Hall–Kier alpha value is -3.29. The lowest BCUT2D eigenvalue weighted by atomic mass is 9.97. The molecule has 1 heterocycles. The van der Waals surface area contributed by atoms with Gasteiger partial charge in [-0.1, -0.05) is 43.7 Å². The Morgan fingerprint density at radius 1 is 1.19 bits per heavy atom. The Morgan fingerprint density at radius 2 is 1.88 bits per heavy atom. The standard InChI is InChI=1S/C24H29NO7/c1-4-5-11-20(27)12-13-21(28)22(32-17(3)26)16(2)23(29)25-19(15-31-24(25)30)14-18-9-7-6-8-10-18/h6-10,12-13,16,19,22H,4-5,11,14-15H2,1-3H3/b13-12+/t16-,19-,22-/m0/s1. The van der Waals surface area contributed by atoms with E-state index in [1.54, 1.807) is 0 Å². The van der Waals surface area contributed by atoms with E-state index in [2.05, 4.69) is 0 Å². The number of unbranched alkanes of at least 4 members (excludes halogenated alkanes) is 1. The summed E-state index contributed by atoms with van der Waals surface area (Å²) in [6, 6.07) is 8.77. The summed E-state index contributed by atoms with van der Waals surface area (Å²) in [6.07, 6.45) is 2.12. The largest absolute Gasteiger partial charge is 0.453 e. The van der Waals surface area contributed by atoms with Gasteiger partial charge in [-0.2, -0.15) is 0 Å². The first kappa shape index (κ1) is 25.0. The molecule has 1 aromatic carbocycles. The molecule has 172 valence electrons. The predicted molar refractivity (Wildman–Crippen MR) is 116 cm³/mol. The van der Waals surface area contributed by atoms with Crippen molar-refractivity contribution in [3.8, 4) is 0 Å². The summed E-state index contributed by atoms with van der Waals surface area (Å²) in [6.45, 7) is 4.51. The Bertz CT molecular complexity index is 878. The van der Waals surface area contributed by atoms with E-state index in [1.165, 1.54) is 6.92 Å². The number of hydrogen-bond donors (Lipinski definition) is 0. The summed E-state index contributed by atoms with van der Waals surface area (Å²) in [5, 5.41) is 0. The number of ketones is 2. The number of benzene rings is 1. The van der Waals surface area contributed by atoms with Crippen molar-refractivity contribution in [2.45, 2.75) is 58.6 Å². The van der Waals surface area contributed by atoms with Crippen molar-refractivity contribution in [2.75, 3.05) is 6.61 Å². The van der Waals surface area contributed by atoms with Crippen molar-refractivity contribution < 1.29 is 33.4 Å². The van der Waals surface area contributed by atoms with Crippen LogP contribution in [0.4, 0.5) is 4.79 Å². The van der Waals surface area contributed by atoms with Crippen molar-refractivity contribution in [1.29, 1.82) is 0 Å². The van der Waals surface area contributed by atoms with Crippen molar-refractivity contribution in [2.24, 2.45) is 5.92 Å². The van der Waals surface area contributed by atoms with Gasteiger partial charge in [0.25, 0.3) is 0 Å². The molecule has 1 aromatic rings. The van der Waals surface area contributed by atoms with Crippen LogP contribution in [0.5, 0.6) is 0 Å². The summed E-state index contributed by atoms with van der Waals surface area (Å²) >= 11 is 0. The number of cyclic esters (lactones) is 1. The monoisotopic (exact) mass is 443 g/mol. The highest BCUT2D eigenvalue weighted by atomic mass is 16.6. The Morgan fingerprint density at radius 3 is 2.50 bits per heavy atom. The molecule has 1 aliphatic rings. The minimum absolute atomic E-state index is 0.0319. The number of imide groups is 1. The molecule has 0 aliphatic carbocycles. The van der Waals surface area contributed by atoms with Crippen molar-refractivity contribution in [1.82, 2.24) is 4.90 Å². The van der Waals surface area contributed by atoms with Crippen molar-refractivity contribution >= 4 is 29.5 Å². The van der Waals surface area contributed by atoms with E-state index in [0.29, 0.717) is 19.3 Å². The van der Waals surface area contributed by atoms with Gasteiger partial charge in [0.05, 0.1) is 12.0 Å². The number of hydrogen-bond acceptors (Lipinski definition) is 7. The molecule has 1 saturated heterocycles. The minimum atomic E-state index is -1.46. The summed E-state index contributed by atoms with van der Waals surface area (Å²) < 4.78 is 10.2. The van der Waals surface area contributed by atoms with E-state index in [0.717, 1.165) is 36.0 Å².